The van der Waals surface area contributed by atoms with Crippen LogP contribution in [0.2, 0.25) is 0 Å². The number of methoxy groups -OCH3 is 1. The maximum Gasteiger partial charge on any atom is 0.395 e. The second-order valence-corrected chi connectivity index (χ2v) is 14.3. The predicted octanol–water partition coefficient (Wildman–Crippen LogP) is 9.58. The van der Waals surface area contributed by atoms with Gasteiger partial charge in [0, 0.05) is 30.4 Å². The lowest BCUT2D eigenvalue weighted by molar-refractivity contribution is -0.217. The first kappa shape index (κ1) is 33.1. The summed E-state index contributed by atoms with van der Waals surface area (Å²) < 4.78 is 53.8. The third-order valence-electron chi connectivity index (χ3n) is 9.30. The number of alkyl halides is 4. The molecule has 0 spiro atoms. The van der Waals surface area contributed by atoms with Crippen LogP contribution in [0.25, 0.3) is 5.57 Å². The van der Waals surface area contributed by atoms with Crippen LogP contribution in [-0.4, -0.2) is 48.8 Å². The summed E-state index contributed by atoms with van der Waals surface area (Å²) in [7, 11) is 1.65. The van der Waals surface area contributed by atoms with E-state index in [0.29, 0.717) is 25.6 Å². The topological polar surface area (TPSA) is 21.7 Å². The monoisotopic (exact) mass is 649 g/mol. The van der Waals surface area contributed by atoms with Gasteiger partial charge in [-0.25, -0.2) is 0 Å². The zero-order chi connectivity index (χ0) is 30.6. The van der Waals surface area contributed by atoms with Gasteiger partial charge >= 0.3 is 6.18 Å². The van der Waals surface area contributed by atoms with E-state index < -0.39 is 11.6 Å². The Morgan fingerprint density at radius 1 is 1.05 bits per heavy atom. The molecule has 2 aliphatic rings. The second-order valence-electron chi connectivity index (χ2n) is 13.6. The highest BCUT2D eigenvalue weighted by molar-refractivity contribution is 9.09. The molecule has 0 amide bonds. The predicted molar refractivity (Wildman–Crippen MR) is 169 cm³/mol. The van der Waals surface area contributed by atoms with Crippen molar-refractivity contribution in [2.45, 2.75) is 90.0 Å². The van der Waals surface area contributed by atoms with E-state index >= 15 is 0 Å². The minimum absolute atomic E-state index is 0.0596. The van der Waals surface area contributed by atoms with Gasteiger partial charge in [0.2, 0.25) is 0 Å². The largest absolute Gasteiger partial charge is 0.497 e. The van der Waals surface area contributed by atoms with Crippen molar-refractivity contribution in [3.63, 3.8) is 0 Å². The molecule has 2 aromatic carbocycles. The van der Waals surface area contributed by atoms with E-state index in [4.69, 9.17) is 9.47 Å². The Kier molecular flexibility index (Phi) is 10.6. The van der Waals surface area contributed by atoms with Crippen molar-refractivity contribution in [1.82, 2.24) is 4.90 Å². The number of benzene rings is 2. The van der Waals surface area contributed by atoms with Gasteiger partial charge in [0.1, 0.15) is 5.75 Å². The van der Waals surface area contributed by atoms with Crippen molar-refractivity contribution in [2.75, 3.05) is 32.1 Å². The molecule has 1 heterocycles. The van der Waals surface area contributed by atoms with E-state index in [1.54, 1.807) is 7.11 Å². The van der Waals surface area contributed by atoms with Gasteiger partial charge in [0.15, 0.2) is 0 Å². The molecule has 1 fully saturated rings. The number of hydrogen-bond acceptors (Lipinski definition) is 3. The van der Waals surface area contributed by atoms with Crippen LogP contribution >= 0.6 is 15.9 Å². The lowest BCUT2D eigenvalue weighted by Gasteiger charge is -2.46. The molecule has 2 atom stereocenters. The van der Waals surface area contributed by atoms with Crippen LogP contribution in [0.4, 0.5) is 13.2 Å². The highest BCUT2D eigenvalue weighted by Gasteiger charge is 2.48. The fourth-order valence-electron chi connectivity index (χ4n) is 6.63. The Bertz CT molecular complexity index is 1190. The standard InChI is InChI=1S/C35H47BrF3NO2/c1-32(2,35(37,38)39)25-40(23-27-8-12-29(13-9-27)28-10-6-26(22-36)7-11-28)20-18-34(19-21-42-33(3,4)24-34)30-14-16-31(41-5)17-15-30/h8-10,12-17,26H,6-7,11,18-25H2,1-5H3/t26?,34-/m1/s1. The smallest absolute Gasteiger partial charge is 0.395 e. The number of ether oxygens (including phenoxy) is 2. The molecule has 0 radical (unpaired) electrons. The summed E-state index contributed by atoms with van der Waals surface area (Å²) in [6.07, 6.45) is 3.77. The summed E-state index contributed by atoms with van der Waals surface area (Å²) >= 11 is 3.60. The maximum absolute atomic E-state index is 14.1. The van der Waals surface area contributed by atoms with Gasteiger partial charge in [-0.15, -0.1) is 0 Å². The Balaban J connectivity index is 1.56. The number of allylic oxidation sites excluding steroid dienone is 2. The Hall–Kier alpha value is -1.83. The third kappa shape index (κ3) is 8.21. The van der Waals surface area contributed by atoms with Gasteiger partial charge in [-0.2, -0.15) is 13.2 Å². The number of halogens is 4. The molecule has 7 heteroatoms. The molecule has 3 nitrogen and oxygen atoms in total. The van der Waals surface area contributed by atoms with Crippen molar-refractivity contribution in [1.29, 1.82) is 0 Å². The zero-order valence-electron chi connectivity index (χ0n) is 25.8. The molecule has 1 aliphatic heterocycles. The molecule has 4 rings (SSSR count). The van der Waals surface area contributed by atoms with E-state index in [1.807, 2.05) is 17.0 Å². The van der Waals surface area contributed by atoms with Crippen molar-refractivity contribution in [3.05, 3.63) is 71.3 Å². The Morgan fingerprint density at radius 3 is 2.29 bits per heavy atom. The van der Waals surface area contributed by atoms with Crippen LogP contribution in [0.15, 0.2) is 54.6 Å². The SMILES string of the molecule is COc1ccc([C@]2(CCN(Cc3ccc(C4=CCC(CBr)CC4)cc3)CC(C)(C)C(F)(F)F)CCOC(C)(C)C2)cc1. The van der Waals surface area contributed by atoms with E-state index in [0.717, 1.165) is 48.7 Å². The minimum atomic E-state index is -4.29. The molecule has 1 unspecified atom stereocenters. The van der Waals surface area contributed by atoms with Crippen molar-refractivity contribution >= 4 is 21.5 Å². The van der Waals surface area contributed by atoms with Crippen LogP contribution in [0.3, 0.4) is 0 Å². The molecule has 1 saturated heterocycles. The van der Waals surface area contributed by atoms with Crippen LogP contribution in [0.5, 0.6) is 5.75 Å². The summed E-state index contributed by atoms with van der Waals surface area (Å²) in [4.78, 5) is 2.01. The van der Waals surface area contributed by atoms with Gasteiger partial charge in [-0.1, -0.05) is 58.4 Å². The molecule has 0 N–H and O–H groups in total. The normalized spacial score (nSPS) is 23.1. The molecular formula is C35H47BrF3NO2. The van der Waals surface area contributed by atoms with E-state index in [2.05, 4.69) is 72.3 Å². The Morgan fingerprint density at radius 2 is 1.74 bits per heavy atom. The fourth-order valence-corrected chi connectivity index (χ4v) is 7.22. The first-order chi connectivity index (χ1) is 19.8. The third-order valence-corrected chi connectivity index (χ3v) is 10.2. The van der Waals surface area contributed by atoms with Crippen LogP contribution in [0.1, 0.15) is 82.9 Å². The summed E-state index contributed by atoms with van der Waals surface area (Å²) in [5, 5.41) is 1.03. The number of nitrogens with zero attached hydrogens (tertiary/aromatic N) is 1. The number of rotatable bonds is 11. The average Bonchev–Trinajstić information content (AvgIpc) is 2.95. The van der Waals surface area contributed by atoms with Gasteiger partial charge in [0.05, 0.1) is 18.1 Å². The highest BCUT2D eigenvalue weighted by atomic mass is 79.9. The quantitative estimate of drug-likeness (QED) is 0.226. The Labute approximate surface area is 259 Å². The molecule has 42 heavy (non-hydrogen) atoms. The zero-order valence-corrected chi connectivity index (χ0v) is 27.4. The molecule has 0 bridgehead atoms. The van der Waals surface area contributed by atoms with Crippen molar-refractivity contribution in [2.24, 2.45) is 11.3 Å². The van der Waals surface area contributed by atoms with Crippen LogP contribution < -0.4 is 4.74 Å². The van der Waals surface area contributed by atoms with E-state index in [1.165, 1.54) is 37.0 Å². The molecule has 232 valence electrons. The molecule has 1 aliphatic carbocycles. The van der Waals surface area contributed by atoms with Crippen LogP contribution in [-0.2, 0) is 16.7 Å². The van der Waals surface area contributed by atoms with Crippen molar-refractivity contribution < 1.29 is 22.6 Å². The summed E-state index contributed by atoms with van der Waals surface area (Å²) in [6.45, 7) is 8.45. The molecule has 0 aromatic heterocycles. The molecule has 2 aromatic rings. The van der Waals surface area contributed by atoms with Gasteiger partial charge in [0.25, 0.3) is 0 Å². The van der Waals surface area contributed by atoms with E-state index in [-0.39, 0.29) is 17.6 Å². The second kappa shape index (κ2) is 13.4. The summed E-state index contributed by atoms with van der Waals surface area (Å²) in [5.41, 5.74) is 2.49. The van der Waals surface area contributed by atoms with Crippen molar-refractivity contribution in [3.8, 4) is 5.75 Å². The number of hydrogen-bond donors (Lipinski definition) is 0. The molecule has 0 saturated carbocycles. The first-order valence-corrected chi connectivity index (χ1v) is 16.3. The minimum Gasteiger partial charge on any atom is -0.497 e. The highest BCUT2D eigenvalue weighted by Crippen LogP contribution is 2.45. The van der Waals surface area contributed by atoms with E-state index in [9.17, 15) is 13.2 Å². The maximum atomic E-state index is 14.1. The fraction of sp³-hybridized carbons (Fsp3) is 0.600. The van der Waals surface area contributed by atoms with Gasteiger partial charge in [-0.05, 0) is 113 Å². The summed E-state index contributed by atoms with van der Waals surface area (Å²) in [5.74, 6) is 1.49. The lowest BCUT2D eigenvalue weighted by atomic mass is 9.67. The van der Waals surface area contributed by atoms with Gasteiger partial charge < -0.3 is 9.47 Å². The first-order valence-electron chi connectivity index (χ1n) is 15.2. The average molecular weight is 651 g/mol. The van der Waals surface area contributed by atoms with Gasteiger partial charge in [-0.3, -0.25) is 4.90 Å². The molecular weight excluding hydrogens is 603 g/mol. The van der Waals surface area contributed by atoms with Crippen LogP contribution in [0, 0.1) is 11.3 Å². The summed E-state index contributed by atoms with van der Waals surface area (Å²) in [6, 6.07) is 16.7. The lowest BCUT2D eigenvalue weighted by Crippen LogP contribution is -2.47.